The maximum absolute atomic E-state index is 9.95. The highest BCUT2D eigenvalue weighted by Crippen LogP contribution is 1.90. The second kappa shape index (κ2) is 6.88. The molecule has 0 saturated carbocycles. The number of hydrogen-bond donors (Lipinski definition) is 1. The lowest BCUT2D eigenvalue weighted by molar-refractivity contribution is 0.480. The molecule has 0 aliphatic heterocycles. The lowest BCUT2D eigenvalue weighted by Crippen LogP contribution is -2.02. The highest BCUT2D eigenvalue weighted by Gasteiger charge is 2.00. The molecule has 0 bridgehead atoms. The fourth-order valence-corrected chi connectivity index (χ4v) is 0.980. The molecule has 0 aromatic rings. The van der Waals surface area contributed by atoms with Crippen LogP contribution in [0.15, 0.2) is 0 Å². The van der Waals surface area contributed by atoms with Gasteiger partial charge in [-0.3, -0.25) is 14.0 Å². The van der Waals surface area contributed by atoms with E-state index in [1.807, 2.05) is 6.92 Å². The number of rotatable bonds is 3. The van der Waals surface area contributed by atoms with Crippen LogP contribution in [0.3, 0.4) is 0 Å². The van der Waals surface area contributed by atoms with Gasteiger partial charge in [0.1, 0.15) is 0 Å². The first-order valence-electron chi connectivity index (χ1n) is 2.51. The Kier molecular flexibility index (Phi) is 11.3. The molecule has 1 N–H and O–H groups in total. The van der Waals surface area contributed by atoms with Gasteiger partial charge in [-0.05, 0) is 6.42 Å². The molecule has 0 aromatic heterocycles. The molecule has 0 amide bonds. The summed E-state index contributed by atoms with van der Waals surface area (Å²) in [6.45, 7) is 1.87. The zero-order chi connectivity index (χ0) is 6.62. The molecule has 0 atom stereocenters. The fourth-order valence-electron chi connectivity index (χ4n) is 0.327. The summed E-state index contributed by atoms with van der Waals surface area (Å²) in [5, 5.41) is 0. The van der Waals surface area contributed by atoms with Crippen LogP contribution in [0.2, 0.25) is 0 Å². The maximum atomic E-state index is 9.95. The Hall–Kier alpha value is -0.230. The Morgan fingerprint density at radius 3 is 1.80 bits per heavy atom. The molecular weight excluding hydrogens is 166 g/mol. The predicted octanol–water partition coefficient (Wildman–Crippen LogP) is 0.979. The van der Waals surface area contributed by atoms with Gasteiger partial charge in [0.25, 0.3) is 10.1 Å². The third kappa shape index (κ3) is 15.7. The van der Waals surface area contributed by atoms with Crippen molar-refractivity contribution in [3.63, 3.8) is 0 Å². The summed E-state index contributed by atoms with van der Waals surface area (Å²) in [5.74, 6) is -0.108. The Labute approximate surface area is 58.9 Å². The van der Waals surface area contributed by atoms with Gasteiger partial charge in [-0.2, -0.15) is 8.42 Å². The van der Waals surface area contributed by atoms with Gasteiger partial charge in [0.15, 0.2) is 0 Å². The van der Waals surface area contributed by atoms with Crippen LogP contribution in [0.25, 0.3) is 0 Å². The quantitative estimate of drug-likeness (QED) is 0.655. The highest BCUT2D eigenvalue weighted by atomic mass is 32.2. The van der Waals surface area contributed by atoms with Crippen LogP contribution in [0, 0.1) is 0 Å². The molecule has 0 aliphatic carbocycles. The van der Waals surface area contributed by atoms with Gasteiger partial charge in [-0.25, -0.2) is 0 Å². The minimum atomic E-state index is -3.69. The van der Waals surface area contributed by atoms with E-state index in [0.717, 1.165) is 6.42 Å². The van der Waals surface area contributed by atoms with Gasteiger partial charge < -0.3 is 0 Å². The lowest BCUT2D eigenvalue weighted by Gasteiger charge is -1.90. The molecule has 10 heavy (non-hydrogen) atoms. The average molecular weight is 178 g/mol. The molecule has 0 heterocycles. The summed E-state index contributed by atoms with van der Waals surface area (Å²) in [7, 11) is -3.69. The SMILES string of the molecule is CCCCS(=O)(=O)O.F.F. The van der Waals surface area contributed by atoms with Crippen molar-refractivity contribution in [2.45, 2.75) is 19.8 Å². The molecule has 66 valence electrons. The normalized spacial score (nSPS) is 9.40. The zero-order valence-corrected chi connectivity index (χ0v) is 6.43. The van der Waals surface area contributed by atoms with Crippen LogP contribution >= 0.6 is 0 Å². The second-order valence-corrected chi connectivity index (χ2v) is 3.21. The molecule has 0 aromatic carbocycles. The summed E-state index contributed by atoms with van der Waals surface area (Å²) < 4.78 is 28.0. The minimum Gasteiger partial charge on any atom is -0.286 e. The van der Waals surface area contributed by atoms with Crippen LogP contribution < -0.4 is 0 Å². The zero-order valence-electron chi connectivity index (χ0n) is 5.61. The van der Waals surface area contributed by atoms with Crippen LogP contribution in [-0.4, -0.2) is 18.7 Å². The van der Waals surface area contributed by atoms with Crippen molar-refractivity contribution in [3.8, 4) is 0 Å². The van der Waals surface area contributed by atoms with Crippen molar-refractivity contribution in [1.29, 1.82) is 0 Å². The summed E-state index contributed by atoms with van der Waals surface area (Å²) in [6.07, 6.45) is 1.33. The van der Waals surface area contributed by atoms with Crippen molar-refractivity contribution in [2.75, 3.05) is 5.75 Å². The first-order valence-corrected chi connectivity index (χ1v) is 4.12. The summed E-state index contributed by atoms with van der Waals surface area (Å²) in [6, 6.07) is 0. The monoisotopic (exact) mass is 178 g/mol. The third-order valence-electron chi connectivity index (χ3n) is 0.756. The third-order valence-corrected chi connectivity index (χ3v) is 1.56. The van der Waals surface area contributed by atoms with E-state index in [1.165, 1.54) is 0 Å². The molecule has 3 nitrogen and oxygen atoms in total. The molecule has 0 spiro atoms. The first kappa shape index (κ1) is 16.4. The molecule has 0 unspecified atom stereocenters. The fraction of sp³-hybridized carbons (Fsp3) is 1.00. The molecule has 0 saturated heterocycles. The van der Waals surface area contributed by atoms with Crippen molar-refractivity contribution in [2.24, 2.45) is 0 Å². The Morgan fingerprint density at radius 2 is 1.70 bits per heavy atom. The Morgan fingerprint density at radius 1 is 1.30 bits per heavy atom. The molecular formula is C4H12F2O3S. The van der Waals surface area contributed by atoms with Crippen LogP contribution in [0.4, 0.5) is 9.41 Å². The highest BCUT2D eigenvalue weighted by molar-refractivity contribution is 7.85. The van der Waals surface area contributed by atoms with Gasteiger partial charge in [0, 0.05) is 0 Å². The average Bonchev–Trinajstić information content (AvgIpc) is 1.59. The molecule has 0 aliphatic rings. The van der Waals surface area contributed by atoms with Crippen molar-refractivity contribution >= 4 is 10.1 Å². The Balaban J connectivity index is -0.000000245. The topological polar surface area (TPSA) is 54.4 Å². The summed E-state index contributed by atoms with van der Waals surface area (Å²) in [5.41, 5.74) is 0. The first-order chi connectivity index (χ1) is 3.56. The van der Waals surface area contributed by atoms with Crippen molar-refractivity contribution in [1.82, 2.24) is 0 Å². The number of unbranched alkanes of at least 4 members (excludes halogenated alkanes) is 1. The van der Waals surface area contributed by atoms with E-state index in [2.05, 4.69) is 0 Å². The largest absolute Gasteiger partial charge is 0.286 e. The number of halogens is 2. The lowest BCUT2D eigenvalue weighted by atomic mass is 10.4. The van der Waals surface area contributed by atoms with Gasteiger partial charge in [-0.1, -0.05) is 13.3 Å². The van der Waals surface area contributed by atoms with Gasteiger partial charge in [0.05, 0.1) is 5.75 Å². The van der Waals surface area contributed by atoms with E-state index in [1.54, 1.807) is 0 Å². The van der Waals surface area contributed by atoms with E-state index in [0.29, 0.717) is 6.42 Å². The van der Waals surface area contributed by atoms with Crippen molar-refractivity contribution in [3.05, 3.63) is 0 Å². The Bertz CT molecular complexity index is 143. The van der Waals surface area contributed by atoms with E-state index in [-0.39, 0.29) is 15.2 Å². The number of hydrogen-bond acceptors (Lipinski definition) is 2. The van der Waals surface area contributed by atoms with Crippen LogP contribution in [-0.2, 0) is 10.1 Å². The van der Waals surface area contributed by atoms with Crippen LogP contribution in [0.5, 0.6) is 0 Å². The molecule has 0 fully saturated rings. The van der Waals surface area contributed by atoms with E-state index in [9.17, 15) is 8.42 Å². The molecule has 6 heteroatoms. The minimum absolute atomic E-state index is 0. The van der Waals surface area contributed by atoms with E-state index in [4.69, 9.17) is 4.55 Å². The molecule has 0 radical (unpaired) electrons. The standard InChI is InChI=1S/C4H10O3S.2FH/c1-2-3-4-8(5,6)7;;/h2-4H2,1H3,(H,5,6,7);2*1H. The summed E-state index contributed by atoms with van der Waals surface area (Å²) >= 11 is 0. The molecule has 0 rings (SSSR count). The van der Waals surface area contributed by atoms with E-state index >= 15 is 0 Å². The smallest absolute Gasteiger partial charge is 0.264 e. The second-order valence-electron chi connectivity index (χ2n) is 1.64. The van der Waals surface area contributed by atoms with Gasteiger partial charge >= 0.3 is 0 Å². The van der Waals surface area contributed by atoms with Gasteiger partial charge in [0.2, 0.25) is 0 Å². The van der Waals surface area contributed by atoms with Crippen LogP contribution in [0.1, 0.15) is 19.8 Å². The van der Waals surface area contributed by atoms with Crippen molar-refractivity contribution < 1.29 is 22.4 Å². The van der Waals surface area contributed by atoms with E-state index < -0.39 is 10.1 Å². The maximum Gasteiger partial charge on any atom is 0.264 e. The van der Waals surface area contributed by atoms with Gasteiger partial charge in [-0.15, -0.1) is 0 Å². The predicted molar refractivity (Wildman–Crippen MR) is 36.3 cm³/mol. The summed E-state index contributed by atoms with van der Waals surface area (Å²) in [4.78, 5) is 0.